The van der Waals surface area contributed by atoms with Crippen LogP contribution in [0.25, 0.3) is 0 Å². The summed E-state index contributed by atoms with van der Waals surface area (Å²) >= 11 is 0. The third-order valence-electron chi connectivity index (χ3n) is 13.4. The number of likely N-dealkylation sites (tertiary alicyclic amines) is 2. The molecule has 4 fully saturated rings. The minimum Gasteiger partial charge on any atom is -0.352 e. The number of anilines is 2. The molecule has 1 unspecified atom stereocenters. The molecule has 5 amide bonds. The standard InChI is InChI=1S/C52H52N6O6/c1-32(57-28-41(48(60)53-37-18-10-4-11-19-37)42(29-57)49(61)54-38-20-12-5-13-21-38)47(59)35-22-24-36(25-23-35)52(64)58-30-43(50(62)55-45-26-39(45)33-14-6-2-7-15-33)44(31-58)51(63)56-46-27-40(46)34-16-8-3-9-17-34/h2-25,32,39-46H,26-31H2,1H3,(H,53,60)(H,54,61)(H,55,62)(H,56,63)/t32?,39-,40-,41+,42+,43+,44+,45+,46+/m0/s1. The van der Waals surface area contributed by atoms with Gasteiger partial charge in [-0.2, -0.15) is 0 Å². The van der Waals surface area contributed by atoms with Crippen LogP contribution in [-0.2, 0) is 19.2 Å². The molecular weight excluding hydrogens is 805 g/mol. The molecule has 9 rings (SSSR count). The van der Waals surface area contributed by atoms with E-state index in [1.54, 1.807) is 60.4 Å². The third-order valence-corrected chi connectivity index (χ3v) is 13.4. The zero-order chi connectivity index (χ0) is 44.3. The van der Waals surface area contributed by atoms with Crippen LogP contribution >= 0.6 is 0 Å². The normalized spacial score (nSPS) is 25.1. The summed E-state index contributed by atoms with van der Waals surface area (Å²) in [6.07, 6.45) is 1.64. The number of Topliss-reactive ketones (excluding diaryl/α,β-unsaturated/α-hetero) is 1. The SMILES string of the molecule is CC(C(=O)c1ccc(C(=O)N2C[C@@H](C(=O)N[C@@H]3C[C@H]3c3ccccc3)[C@H](C(=O)N[C@@H]3C[C@H]3c3ccccc3)C2)cc1)N1C[C@@H](C(=O)Nc2ccccc2)[C@H](C(=O)Nc2ccccc2)C1. The molecule has 12 nitrogen and oxygen atoms in total. The number of benzene rings is 5. The van der Waals surface area contributed by atoms with Crippen LogP contribution < -0.4 is 21.3 Å². The second kappa shape index (κ2) is 18.4. The van der Waals surface area contributed by atoms with Crippen LogP contribution in [0.4, 0.5) is 11.4 Å². The van der Waals surface area contributed by atoms with Crippen LogP contribution in [0, 0.1) is 23.7 Å². The molecule has 12 heteroatoms. The topological polar surface area (TPSA) is 157 Å². The second-order valence-electron chi connectivity index (χ2n) is 17.7. The highest BCUT2D eigenvalue weighted by atomic mass is 16.2. The van der Waals surface area contributed by atoms with E-state index in [1.807, 2.05) is 77.7 Å². The van der Waals surface area contributed by atoms with E-state index in [9.17, 15) is 28.8 Å². The highest BCUT2D eigenvalue weighted by Crippen LogP contribution is 2.43. The van der Waals surface area contributed by atoms with Crippen molar-refractivity contribution in [3.63, 3.8) is 0 Å². The van der Waals surface area contributed by atoms with E-state index in [2.05, 4.69) is 45.5 Å². The summed E-state index contributed by atoms with van der Waals surface area (Å²) in [7, 11) is 0. The summed E-state index contributed by atoms with van der Waals surface area (Å²) in [5.74, 6) is -4.10. The lowest BCUT2D eigenvalue weighted by atomic mass is 9.94. The van der Waals surface area contributed by atoms with Gasteiger partial charge in [0, 0.05) is 72.6 Å². The Bertz CT molecular complexity index is 2370. The van der Waals surface area contributed by atoms with Gasteiger partial charge < -0.3 is 26.2 Å². The maximum Gasteiger partial charge on any atom is 0.253 e. The van der Waals surface area contributed by atoms with Crippen molar-refractivity contribution in [2.45, 2.75) is 49.7 Å². The van der Waals surface area contributed by atoms with Gasteiger partial charge >= 0.3 is 0 Å². The number of nitrogens with one attached hydrogen (secondary N) is 4. The predicted octanol–water partition coefficient (Wildman–Crippen LogP) is 6.12. The van der Waals surface area contributed by atoms with Gasteiger partial charge in [0.15, 0.2) is 5.78 Å². The first kappa shape index (κ1) is 42.4. The Morgan fingerprint density at radius 3 is 1.27 bits per heavy atom. The lowest BCUT2D eigenvalue weighted by Gasteiger charge is -2.23. The van der Waals surface area contributed by atoms with E-state index in [1.165, 1.54) is 0 Å². The quantitative estimate of drug-likeness (QED) is 0.0982. The number of nitrogens with zero attached hydrogens (tertiary/aromatic N) is 2. The molecule has 326 valence electrons. The van der Waals surface area contributed by atoms with Crippen molar-refractivity contribution in [2.75, 3.05) is 36.8 Å². The fourth-order valence-corrected chi connectivity index (χ4v) is 9.49. The summed E-state index contributed by atoms with van der Waals surface area (Å²) < 4.78 is 0. The number of hydrogen-bond acceptors (Lipinski definition) is 7. The van der Waals surface area contributed by atoms with Crippen LogP contribution in [0.1, 0.15) is 63.4 Å². The second-order valence-corrected chi connectivity index (χ2v) is 17.7. The minimum absolute atomic E-state index is 0.0306. The first-order valence-electron chi connectivity index (χ1n) is 22.2. The molecule has 9 atom stereocenters. The molecule has 5 aromatic rings. The summed E-state index contributed by atoms with van der Waals surface area (Å²) in [4.78, 5) is 86.8. The van der Waals surface area contributed by atoms with E-state index < -0.39 is 29.7 Å². The Morgan fingerprint density at radius 2 is 0.844 bits per heavy atom. The smallest absolute Gasteiger partial charge is 0.253 e. The molecule has 0 radical (unpaired) electrons. The number of amides is 5. The molecule has 2 heterocycles. The lowest BCUT2D eigenvalue weighted by Crippen LogP contribution is -2.43. The van der Waals surface area contributed by atoms with Crippen molar-refractivity contribution in [1.29, 1.82) is 0 Å². The van der Waals surface area contributed by atoms with Gasteiger partial charge in [-0.15, -0.1) is 0 Å². The molecule has 2 saturated carbocycles. The predicted molar refractivity (Wildman–Crippen MR) is 243 cm³/mol. The molecule has 2 aliphatic carbocycles. The van der Waals surface area contributed by atoms with Crippen molar-refractivity contribution in [2.24, 2.45) is 23.7 Å². The average molecular weight is 857 g/mol. The van der Waals surface area contributed by atoms with Crippen LogP contribution in [0.3, 0.4) is 0 Å². The van der Waals surface area contributed by atoms with Crippen molar-refractivity contribution in [3.8, 4) is 0 Å². The van der Waals surface area contributed by atoms with Crippen molar-refractivity contribution in [1.82, 2.24) is 20.4 Å². The van der Waals surface area contributed by atoms with Gasteiger partial charge in [0.2, 0.25) is 23.6 Å². The number of para-hydroxylation sites is 2. The van der Waals surface area contributed by atoms with Crippen LogP contribution in [0.15, 0.2) is 146 Å². The number of ketones is 1. The maximum absolute atomic E-state index is 14.1. The summed E-state index contributed by atoms with van der Waals surface area (Å²) in [5.41, 5.74) is 4.26. The maximum atomic E-state index is 14.1. The lowest BCUT2D eigenvalue weighted by molar-refractivity contribution is -0.133. The largest absolute Gasteiger partial charge is 0.352 e. The Balaban J connectivity index is 0.863. The van der Waals surface area contributed by atoms with Crippen LogP contribution in [0.2, 0.25) is 0 Å². The van der Waals surface area contributed by atoms with Gasteiger partial charge in [0.1, 0.15) is 0 Å². The van der Waals surface area contributed by atoms with E-state index >= 15 is 0 Å². The van der Waals surface area contributed by atoms with Gasteiger partial charge in [-0.3, -0.25) is 33.7 Å². The van der Waals surface area contributed by atoms with Gasteiger partial charge in [-0.05, 0) is 67.3 Å². The van der Waals surface area contributed by atoms with Crippen molar-refractivity contribution in [3.05, 3.63) is 168 Å². The molecule has 4 aliphatic rings. The van der Waals surface area contributed by atoms with Gasteiger partial charge in [-0.1, -0.05) is 109 Å². The van der Waals surface area contributed by atoms with E-state index in [0.717, 1.165) is 24.0 Å². The molecule has 0 spiro atoms. The summed E-state index contributed by atoms with van der Waals surface area (Å²) in [6, 6.07) is 43.9. The highest BCUT2D eigenvalue weighted by Gasteiger charge is 2.49. The number of carbonyl (C=O) groups excluding carboxylic acids is 6. The first-order valence-corrected chi connectivity index (χ1v) is 22.2. The summed E-state index contributed by atoms with van der Waals surface area (Å²) in [5, 5.41) is 12.2. The molecule has 2 aliphatic heterocycles. The fraction of sp³-hybridized carbons (Fsp3) is 0.308. The number of hydrogen-bond donors (Lipinski definition) is 4. The van der Waals surface area contributed by atoms with Crippen molar-refractivity contribution >= 4 is 46.7 Å². The fourth-order valence-electron chi connectivity index (χ4n) is 9.49. The Hall–Kier alpha value is -6.92. The van der Waals surface area contributed by atoms with Crippen LogP contribution in [0.5, 0.6) is 0 Å². The number of rotatable bonds is 14. The summed E-state index contributed by atoms with van der Waals surface area (Å²) in [6.45, 7) is 2.31. The monoisotopic (exact) mass is 856 g/mol. The Morgan fingerprint density at radius 1 is 0.469 bits per heavy atom. The Kier molecular flexibility index (Phi) is 12.2. The molecule has 5 aromatic carbocycles. The Labute approximate surface area is 372 Å². The zero-order valence-electron chi connectivity index (χ0n) is 35.6. The molecule has 64 heavy (non-hydrogen) atoms. The molecule has 2 saturated heterocycles. The molecule has 4 N–H and O–H groups in total. The van der Waals surface area contributed by atoms with Crippen LogP contribution in [-0.4, -0.2) is 89.4 Å². The van der Waals surface area contributed by atoms with E-state index in [4.69, 9.17) is 0 Å². The molecular formula is C52H52N6O6. The number of carbonyl (C=O) groups is 6. The highest BCUT2D eigenvalue weighted by molar-refractivity contribution is 6.03. The minimum atomic E-state index is -0.728. The molecule has 0 bridgehead atoms. The van der Waals surface area contributed by atoms with Gasteiger partial charge in [-0.25, -0.2) is 0 Å². The molecule has 0 aromatic heterocycles. The third kappa shape index (κ3) is 9.38. The van der Waals surface area contributed by atoms with E-state index in [-0.39, 0.29) is 85.4 Å². The van der Waals surface area contributed by atoms with Crippen molar-refractivity contribution < 1.29 is 28.8 Å². The average Bonchev–Trinajstić information content (AvgIpc) is 4.17. The van der Waals surface area contributed by atoms with Gasteiger partial charge in [0.25, 0.3) is 5.91 Å². The van der Waals surface area contributed by atoms with Gasteiger partial charge in [0.05, 0.1) is 29.7 Å². The first-order chi connectivity index (χ1) is 31.1. The zero-order valence-corrected chi connectivity index (χ0v) is 35.6. The van der Waals surface area contributed by atoms with E-state index in [0.29, 0.717) is 22.5 Å².